The van der Waals surface area contributed by atoms with Crippen molar-refractivity contribution in [2.24, 2.45) is 0 Å². The number of nitrogens with zero attached hydrogens (tertiary/aromatic N) is 1. The van der Waals surface area contributed by atoms with Crippen LogP contribution < -0.4 is 4.74 Å². The number of hydrogen-bond acceptors (Lipinski definition) is 2. The Balaban J connectivity index is 2.47. The number of halogens is 1. The summed E-state index contributed by atoms with van der Waals surface area (Å²) in [6.07, 6.45) is 1.11. The zero-order valence-corrected chi connectivity index (χ0v) is 10.1. The zero-order valence-electron chi connectivity index (χ0n) is 8.51. The third-order valence-corrected chi connectivity index (χ3v) is 3.13. The lowest BCUT2D eigenvalue weighted by Crippen LogP contribution is -2.26. The summed E-state index contributed by atoms with van der Waals surface area (Å²) in [7, 11) is 3.88. The van der Waals surface area contributed by atoms with Gasteiger partial charge in [0, 0.05) is 23.1 Å². The molecule has 0 unspecified atom stereocenters. The first-order chi connectivity index (χ1) is 6.70. The van der Waals surface area contributed by atoms with Gasteiger partial charge in [0.05, 0.1) is 7.11 Å². The van der Waals surface area contributed by atoms with Crippen molar-refractivity contribution < 1.29 is 4.74 Å². The van der Waals surface area contributed by atoms with Crippen LogP contribution in [0.15, 0.2) is 16.6 Å². The van der Waals surface area contributed by atoms with Crippen LogP contribution in [-0.4, -0.2) is 25.6 Å². The quantitative estimate of drug-likeness (QED) is 0.765. The molecule has 0 N–H and O–H groups in total. The van der Waals surface area contributed by atoms with Gasteiger partial charge in [-0.3, -0.25) is 0 Å². The van der Waals surface area contributed by atoms with Crippen LogP contribution in [-0.2, 0) is 13.0 Å². The molecular formula is C11H14BrNO. The van der Waals surface area contributed by atoms with Gasteiger partial charge in [-0.15, -0.1) is 0 Å². The van der Waals surface area contributed by atoms with Crippen LogP contribution in [0, 0.1) is 0 Å². The number of ether oxygens (including phenoxy) is 1. The molecule has 0 fully saturated rings. The van der Waals surface area contributed by atoms with Gasteiger partial charge in [-0.1, -0.05) is 15.9 Å². The Kier molecular flexibility index (Phi) is 2.79. The Morgan fingerprint density at radius 3 is 2.93 bits per heavy atom. The summed E-state index contributed by atoms with van der Waals surface area (Å²) in [6.45, 7) is 2.12. The number of methoxy groups -OCH3 is 1. The van der Waals surface area contributed by atoms with Gasteiger partial charge in [0.2, 0.25) is 0 Å². The Morgan fingerprint density at radius 2 is 2.21 bits per heavy atom. The van der Waals surface area contributed by atoms with E-state index in [2.05, 4.69) is 33.9 Å². The first-order valence-corrected chi connectivity index (χ1v) is 5.54. The molecule has 2 rings (SSSR count). The molecule has 1 heterocycles. The SMILES string of the molecule is COc1cc(Br)cc2c1CN(C)CC2. The lowest BCUT2D eigenvalue weighted by molar-refractivity contribution is 0.302. The monoisotopic (exact) mass is 255 g/mol. The van der Waals surface area contributed by atoms with E-state index in [1.54, 1.807) is 7.11 Å². The standard InChI is InChI=1S/C11H14BrNO/c1-13-4-3-8-5-9(12)6-11(14-2)10(8)7-13/h5-6H,3-4,7H2,1-2H3. The van der Waals surface area contributed by atoms with Crippen molar-refractivity contribution in [1.29, 1.82) is 0 Å². The van der Waals surface area contributed by atoms with E-state index in [4.69, 9.17) is 4.74 Å². The molecule has 76 valence electrons. The third-order valence-electron chi connectivity index (χ3n) is 2.68. The van der Waals surface area contributed by atoms with E-state index in [9.17, 15) is 0 Å². The normalized spacial score (nSPS) is 16.5. The number of fused-ring (bicyclic) bond motifs is 1. The largest absolute Gasteiger partial charge is 0.496 e. The summed E-state index contributed by atoms with van der Waals surface area (Å²) in [5.74, 6) is 1.00. The highest BCUT2D eigenvalue weighted by atomic mass is 79.9. The second-order valence-electron chi connectivity index (χ2n) is 3.73. The Morgan fingerprint density at radius 1 is 1.43 bits per heavy atom. The van der Waals surface area contributed by atoms with E-state index >= 15 is 0 Å². The average molecular weight is 256 g/mol. The summed E-state index contributed by atoms with van der Waals surface area (Å²) in [5, 5.41) is 0. The topological polar surface area (TPSA) is 12.5 Å². The predicted molar refractivity (Wildman–Crippen MR) is 60.7 cm³/mol. The fourth-order valence-corrected chi connectivity index (χ4v) is 2.40. The smallest absolute Gasteiger partial charge is 0.124 e. The number of benzene rings is 1. The van der Waals surface area contributed by atoms with E-state index < -0.39 is 0 Å². The van der Waals surface area contributed by atoms with Crippen LogP contribution in [0.5, 0.6) is 5.75 Å². The first-order valence-electron chi connectivity index (χ1n) is 4.74. The molecule has 14 heavy (non-hydrogen) atoms. The summed E-state index contributed by atoms with van der Waals surface area (Å²) in [4.78, 5) is 2.32. The molecule has 0 saturated heterocycles. The van der Waals surface area contributed by atoms with E-state index in [1.165, 1.54) is 11.1 Å². The Labute approximate surface area is 93.0 Å². The van der Waals surface area contributed by atoms with Crippen LogP contribution in [0.3, 0.4) is 0 Å². The number of rotatable bonds is 1. The van der Waals surface area contributed by atoms with Gasteiger partial charge in [0.15, 0.2) is 0 Å². The molecule has 0 spiro atoms. The molecule has 0 saturated carbocycles. The molecule has 0 aliphatic carbocycles. The summed E-state index contributed by atoms with van der Waals surface area (Å²) < 4.78 is 6.49. The number of hydrogen-bond donors (Lipinski definition) is 0. The summed E-state index contributed by atoms with van der Waals surface area (Å²) in [5.41, 5.74) is 2.75. The molecule has 1 aliphatic rings. The molecule has 0 radical (unpaired) electrons. The van der Waals surface area contributed by atoms with Crippen molar-refractivity contribution in [3.8, 4) is 5.75 Å². The minimum Gasteiger partial charge on any atom is -0.496 e. The van der Waals surface area contributed by atoms with Gasteiger partial charge >= 0.3 is 0 Å². The first kappa shape index (κ1) is 9.99. The Bertz CT molecular complexity index is 334. The maximum Gasteiger partial charge on any atom is 0.124 e. The third kappa shape index (κ3) is 1.79. The molecule has 1 aliphatic heterocycles. The van der Waals surface area contributed by atoms with Crippen molar-refractivity contribution in [2.75, 3.05) is 20.7 Å². The van der Waals surface area contributed by atoms with Crippen LogP contribution in [0.2, 0.25) is 0 Å². The van der Waals surface area contributed by atoms with Crippen LogP contribution >= 0.6 is 15.9 Å². The van der Waals surface area contributed by atoms with Crippen molar-refractivity contribution >= 4 is 15.9 Å². The second kappa shape index (κ2) is 3.91. The minimum atomic E-state index is 0.992. The highest BCUT2D eigenvalue weighted by Crippen LogP contribution is 2.31. The van der Waals surface area contributed by atoms with Gasteiger partial charge in [-0.2, -0.15) is 0 Å². The van der Waals surface area contributed by atoms with Crippen molar-refractivity contribution in [3.05, 3.63) is 27.7 Å². The second-order valence-corrected chi connectivity index (χ2v) is 4.65. The van der Waals surface area contributed by atoms with Crippen LogP contribution in [0.1, 0.15) is 11.1 Å². The summed E-state index contributed by atoms with van der Waals surface area (Å²) >= 11 is 3.50. The Hall–Kier alpha value is -0.540. The molecule has 0 atom stereocenters. The van der Waals surface area contributed by atoms with Crippen molar-refractivity contribution in [1.82, 2.24) is 4.90 Å². The fourth-order valence-electron chi connectivity index (χ4n) is 1.91. The van der Waals surface area contributed by atoms with Crippen molar-refractivity contribution in [2.45, 2.75) is 13.0 Å². The zero-order chi connectivity index (χ0) is 10.1. The summed E-state index contributed by atoms with van der Waals surface area (Å²) in [6, 6.07) is 4.24. The highest BCUT2D eigenvalue weighted by molar-refractivity contribution is 9.10. The average Bonchev–Trinajstić information content (AvgIpc) is 2.17. The molecule has 0 bridgehead atoms. The fraction of sp³-hybridized carbons (Fsp3) is 0.455. The molecule has 0 aromatic heterocycles. The lowest BCUT2D eigenvalue weighted by atomic mass is 9.99. The lowest BCUT2D eigenvalue weighted by Gasteiger charge is -2.26. The molecule has 1 aromatic rings. The van der Waals surface area contributed by atoms with Gasteiger partial charge in [0.25, 0.3) is 0 Å². The van der Waals surface area contributed by atoms with Gasteiger partial charge < -0.3 is 9.64 Å². The van der Waals surface area contributed by atoms with Crippen LogP contribution in [0.25, 0.3) is 0 Å². The molecule has 3 heteroatoms. The van der Waals surface area contributed by atoms with Gasteiger partial charge in [-0.05, 0) is 31.2 Å². The molecular weight excluding hydrogens is 242 g/mol. The molecule has 2 nitrogen and oxygen atoms in total. The van der Waals surface area contributed by atoms with Gasteiger partial charge in [-0.25, -0.2) is 0 Å². The molecule has 0 amide bonds. The van der Waals surface area contributed by atoms with E-state index in [0.29, 0.717) is 0 Å². The van der Waals surface area contributed by atoms with E-state index in [1.807, 2.05) is 6.07 Å². The van der Waals surface area contributed by atoms with Crippen LogP contribution in [0.4, 0.5) is 0 Å². The van der Waals surface area contributed by atoms with Crippen molar-refractivity contribution in [3.63, 3.8) is 0 Å². The van der Waals surface area contributed by atoms with E-state index in [-0.39, 0.29) is 0 Å². The van der Waals surface area contributed by atoms with E-state index in [0.717, 1.165) is 29.7 Å². The number of likely N-dealkylation sites (N-methyl/N-ethyl adjacent to an activating group) is 1. The highest BCUT2D eigenvalue weighted by Gasteiger charge is 2.17. The predicted octanol–water partition coefficient (Wildman–Crippen LogP) is 2.45. The molecule has 1 aromatic carbocycles. The maximum atomic E-state index is 5.39. The van der Waals surface area contributed by atoms with Gasteiger partial charge in [0.1, 0.15) is 5.75 Å². The minimum absolute atomic E-state index is 0.992. The maximum absolute atomic E-state index is 5.39.